The summed E-state index contributed by atoms with van der Waals surface area (Å²) >= 11 is 0. The largest absolute Gasteiger partial charge is 0.375 e. The Morgan fingerprint density at radius 2 is 1.59 bits per heavy atom. The molecule has 0 aliphatic carbocycles. The van der Waals surface area contributed by atoms with Crippen LogP contribution in [0.5, 0.6) is 0 Å². The number of hydrogen-bond donors (Lipinski definition) is 0. The molecule has 32 heavy (non-hydrogen) atoms. The van der Waals surface area contributed by atoms with Crippen molar-refractivity contribution in [3.05, 3.63) is 71.8 Å². The molecular formula is C28H38N2O2. The summed E-state index contributed by atoms with van der Waals surface area (Å²) in [6, 6.07) is 21.3. The number of carbonyl (C=O) groups excluding carboxylic acids is 1. The van der Waals surface area contributed by atoms with Gasteiger partial charge in [-0.15, -0.1) is 0 Å². The maximum Gasteiger partial charge on any atom is 0.234 e. The molecule has 2 heterocycles. The maximum absolute atomic E-state index is 14.1. The fourth-order valence-corrected chi connectivity index (χ4v) is 5.59. The van der Waals surface area contributed by atoms with Crippen LogP contribution in [0.25, 0.3) is 0 Å². The molecule has 0 unspecified atom stereocenters. The minimum Gasteiger partial charge on any atom is -0.375 e. The van der Waals surface area contributed by atoms with Crippen LogP contribution in [-0.2, 0) is 9.53 Å². The van der Waals surface area contributed by atoms with Gasteiger partial charge in [0, 0.05) is 38.3 Å². The van der Waals surface area contributed by atoms with Crippen molar-refractivity contribution in [2.45, 2.75) is 70.1 Å². The van der Waals surface area contributed by atoms with E-state index in [1.165, 1.54) is 0 Å². The van der Waals surface area contributed by atoms with E-state index in [0.29, 0.717) is 6.04 Å². The van der Waals surface area contributed by atoms with Gasteiger partial charge in [-0.2, -0.15) is 0 Å². The van der Waals surface area contributed by atoms with Crippen molar-refractivity contribution in [3.8, 4) is 0 Å². The molecule has 1 atom stereocenters. The first kappa shape index (κ1) is 23.0. The third-order valence-electron chi connectivity index (χ3n) is 7.48. The molecule has 0 saturated carbocycles. The SMILES string of the molecule is CCN(C(=O)C(c1ccccc1)c1ccccc1)[C@H]1CCOC2(CCN(C(C)C)CC2)C1. The molecule has 0 aromatic heterocycles. The lowest BCUT2D eigenvalue weighted by Gasteiger charge is -2.49. The summed E-state index contributed by atoms with van der Waals surface area (Å²) in [4.78, 5) is 18.8. The zero-order valence-electron chi connectivity index (χ0n) is 19.9. The van der Waals surface area contributed by atoms with Crippen LogP contribution in [-0.4, -0.2) is 59.6 Å². The van der Waals surface area contributed by atoms with Gasteiger partial charge in [-0.1, -0.05) is 60.7 Å². The van der Waals surface area contributed by atoms with Crippen LogP contribution in [0.1, 0.15) is 63.5 Å². The Labute approximate surface area is 193 Å². The van der Waals surface area contributed by atoms with E-state index < -0.39 is 0 Å². The van der Waals surface area contributed by atoms with Gasteiger partial charge < -0.3 is 14.5 Å². The maximum atomic E-state index is 14.1. The van der Waals surface area contributed by atoms with Crippen molar-refractivity contribution < 1.29 is 9.53 Å². The summed E-state index contributed by atoms with van der Waals surface area (Å²) in [5, 5.41) is 0. The summed E-state index contributed by atoms with van der Waals surface area (Å²) < 4.78 is 6.40. The van der Waals surface area contributed by atoms with Crippen LogP contribution in [0.15, 0.2) is 60.7 Å². The molecule has 4 rings (SSSR count). The molecule has 2 aromatic rings. The van der Waals surface area contributed by atoms with Crippen molar-refractivity contribution in [2.24, 2.45) is 0 Å². The first-order valence-corrected chi connectivity index (χ1v) is 12.3. The van der Waals surface area contributed by atoms with Gasteiger partial charge >= 0.3 is 0 Å². The molecule has 1 amide bonds. The standard InChI is InChI=1S/C28H38N2O2/c1-4-30(25-15-20-32-28(21-25)16-18-29(19-17-28)22(2)3)27(31)26(23-11-7-5-8-12-23)24-13-9-6-10-14-24/h5-14,22,25-26H,4,15-21H2,1-3H3/t25-/m0/s1. The van der Waals surface area contributed by atoms with Crippen molar-refractivity contribution in [2.75, 3.05) is 26.2 Å². The van der Waals surface area contributed by atoms with Gasteiger partial charge in [-0.3, -0.25) is 4.79 Å². The molecule has 4 heteroatoms. The number of hydrogen-bond acceptors (Lipinski definition) is 3. The van der Waals surface area contributed by atoms with E-state index in [1.807, 2.05) is 36.4 Å². The van der Waals surface area contributed by atoms with Crippen LogP contribution in [0.4, 0.5) is 0 Å². The Morgan fingerprint density at radius 3 is 2.09 bits per heavy atom. The van der Waals surface area contributed by atoms with Gasteiger partial charge in [0.25, 0.3) is 0 Å². The molecule has 0 N–H and O–H groups in total. The Kier molecular flexibility index (Phi) is 7.32. The van der Waals surface area contributed by atoms with Crippen molar-refractivity contribution >= 4 is 5.91 Å². The number of benzene rings is 2. The van der Waals surface area contributed by atoms with Crippen LogP contribution in [0, 0.1) is 0 Å². The number of likely N-dealkylation sites (tertiary alicyclic amines) is 1. The number of carbonyl (C=O) groups is 1. The highest BCUT2D eigenvalue weighted by Crippen LogP contribution is 2.38. The van der Waals surface area contributed by atoms with Crippen molar-refractivity contribution in [1.82, 2.24) is 9.80 Å². The quantitative estimate of drug-likeness (QED) is 0.635. The van der Waals surface area contributed by atoms with E-state index >= 15 is 0 Å². The third-order valence-corrected chi connectivity index (χ3v) is 7.48. The molecule has 2 aliphatic rings. The molecule has 2 aliphatic heterocycles. The zero-order chi connectivity index (χ0) is 22.6. The highest BCUT2D eigenvalue weighted by atomic mass is 16.5. The average Bonchev–Trinajstić information content (AvgIpc) is 2.82. The Balaban J connectivity index is 1.56. The first-order valence-electron chi connectivity index (χ1n) is 12.3. The highest BCUT2D eigenvalue weighted by molar-refractivity contribution is 5.87. The monoisotopic (exact) mass is 434 g/mol. The topological polar surface area (TPSA) is 32.8 Å². The second-order valence-corrected chi connectivity index (χ2v) is 9.69. The first-order chi connectivity index (χ1) is 15.5. The number of piperidine rings is 1. The Morgan fingerprint density at radius 1 is 1.03 bits per heavy atom. The summed E-state index contributed by atoms with van der Waals surface area (Å²) in [5.41, 5.74) is 2.06. The van der Waals surface area contributed by atoms with E-state index in [9.17, 15) is 4.79 Å². The van der Waals surface area contributed by atoms with Gasteiger partial charge in [0.15, 0.2) is 0 Å². The summed E-state index contributed by atoms with van der Waals surface area (Å²) in [6.45, 7) is 10.3. The summed E-state index contributed by atoms with van der Waals surface area (Å²) in [7, 11) is 0. The van der Waals surface area contributed by atoms with Gasteiger partial charge in [-0.25, -0.2) is 0 Å². The van der Waals surface area contributed by atoms with Crippen LogP contribution in [0.2, 0.25) is 0 Å². The summed E-state index contributed by atoms with van der Waals surface area (Å²) in [6.07, 6.45) is 4.00. The van der Waals surface area contributed by atoms with E-state index in [0.717, 1.165) is 63.1 Å². The minimum atomic E-state index is -0.265. The van der Waals surface area contributed by atoms with Gasteiger partial charge in [0.05, 0.1) is 11.5 Å². The lowest BCUT2D eigenvalue weighted by Crippen LogP contribution is -2.56. The fraction of sp³-hybridized carbons (Fsp3) is 0.536. The van der Waals surface area contributed by atoms with E-state index in [4.69, 9.17) is 4.74 Å². The summed E-state index contributed by atoms with van der Waals surface area (Å²) in [5.74, 6) is -0.0505. The predicted molar refractivity (Wildman–Crippen MR) is 130 cm³/mol. The number of nitrogens with zero attached hydrogens (tertiary/aromatic N) is 2. The molecule has 172 valence electrons. The lowest BCUT2D eigenvalue weighted by molar-refractivity contribution is -0.151. The average molecular weight is 435 g/mol. The lowest BCUT2D eigenvalue weighted by atomic mass is 9.81. The molecule has 2 fully saturated rings. The van der Waals surface area contributed by atoms with Crippen molar-refractivity contribution in [3.63, 3.8) is 0 Å². The zero-order valence-corrected chi connectivity index (χ0v) is 19.9. The fourth-order valence-electron chi connectivity index (χ4n) is 5.59. The van der Waals surface area contributed by atoms with E-state index in [1.54, 1.807) is 0 Å². The van der Waals surface area contributed by atoms with Gasteiger partial charge in [0.2, 0.25) is 5.91 Å². The second-order valence-electron chi connectivity index (χ2n) is 9.69. The predicted octanol–water partition coefficient (Wildman–Crippen LogP) is 5.09. The van der Waals surface area contributed by atoms with Crippen molar-refractivity contribution in [1.29, 1.82) is 0 Å². The van der Waals surface area contributed by atoms with Crippen LogP contribution < -0.4 is 0 Å². The molecular weight excluding hydrogens is 396 g/mol. The molecule has 2 aromatic carbocycles. The minimum absolute atomic E-state index is 0.0724. The highest BCUT2D eigenvalue weighted by Gasteiger charge is 2.43. The number of rotatable bonds is 6. The van der Waals surface area contributed by atoms with E-state index in [2.05, 4.69) is 54.8 Å². The van der Waals surface area contributed by atoms with Gasteiger partial charge in [-0.05, 0) is 57.6 Å². The van der Waals surface area contributed by atoms with Crippen LogP contribution >= 0.6 is 0 Å². The molecule has 0 radical (unpaired) electrons. The van der Waals surface area contributed by atoms with Gasteiger partial charge in [0.1, 0.15) is 0 Å². The van der Waals surface area contributed by atoms with Crippen LogP contribution in [0.3, 0.4) is 0 Å². The number of amides is 1. The molecule has 4 nitrogen and oxygen atoms in total. The Bertz CT molecular complexity index is 820. The molecule has 2 saturated heterocycles. The Hall–Kier alpha value is -2.17. The van der Waals surface area contributed by atoms with E-state index in [-0.39, 0.29) is 23.5 Å². The smallest absolute Gasteiger partial charge is 0.234 e. The normalized spacial score (nSPS) is 21.2. The second kappa shape index (κ2) is 10.2. The molecule has 1 spiro atoms. The third kappa shape index (κ3) is 4.92. The number of ether oxygens (including phenoxy) is 1. The number of likely N-dealkylation sites (N-methyl/N-ethyl adjacent to an activating group) is 1. The molecule has 0 bridgehead atoms.